The summed E-state index contributed by atoms with van der Waals surface area (Å²) in [6.07, 6.45) is 5.02. The van der Waals surface area contributed by atoms with Crippen LogP contribution in [0.15, 0.2) is 94.5 Å². The molecule has 0 unspecified atom stereocenters. The summed E-state index contributed by atoms with van der Waals surface area (Å²) in [5.41, 5.74) is 5.34. The Bertz CT molecular complexity index is 2260. The van der Waals surface area contributed by atoms with Crippen molar-refractivity contribution in [2.45, 2.75) is 19.4 Å². The molecule has 4 aromatic carbocycles. The van der Waals surface area contributed by atoms with E-state index in [0.717, 1.165) is 44.0 Å². The van der Waals surface area contributed by atoms with E-state index in [0.29, 0.717) is 27.4 Å². The van der Waals surface area contributed by atoms with Crippen LogP contribution in [0, 0.1) is 0 Å². The SMILES string of the molecule is COc1cc2c(cc1OC)CN(CCc1ccc(NC(=O)c3cccc(/C=c4\[nH]c(=O)/c(=C/c5cccc(Cl)c5)n(C)c4=O)c3)cc1)CC2. The van der Waals surface area contributed by atoms with Gasteiger partial charge in [0.1, 0.15) is 10.7 Å². The minimum absolute atomic E-state index is 0.109. The van der Waals surface area contributed by atoms with Crippen LogP contribution in [0.3, 0.4) is 0 Å². The number of anilines is 1. The molecule has 2 N–H and O–H groups in total. The Morgan fingerprint density at radius 1 is 0.898 bits per heavy atom. The summed E-state index contributed by atoms with van der Waals surface area (Å²) in [6, 6.07) is 25.9. The van der Waals surface area contributed by atoms with E-state index in [2.05, 4.69) is 27.3 Å². The van der Waals surface area contributed by atoms with E-state index in [-0.39, 0.29) is 22.2 Å². The molecule has 250 valence electrons. The molecule has 0 atom stereocenters. The van der Waals surface area contributed by atoms with E-state index in [4.69, 9.17) is 21.1 Å². The molecule has 0 fully saturated rings. The van der Waals surface area contributed by atoms with Crippen molar-refractivity contribution in [1.29, 1.82) is 0 Å². The number of hydrogen-bond donors (Lipinski definition) is 2. The van der Waals surface area contributed by atoms with Gasteiger partial charge in [-0.25, -0.2) is 0 Å². The first-order valence-electron chi connectivity index (χ1n) is 16.0. The normalized spacial score (nSPS) is 13.6. The van der Waals surface area contributed by atoms with Crippen molar-refractivity contribution >= 4 is 35.3 Å². The van der Waals surface area contributed by atoms with Crippen LogP contribution in [-0.4, -0.2) is 47.7 Å². The highest BCUT2D eigenvalue weighted by Gasteiger charge is 2.19. The Labute approximate surface area is 288 Å². The van der Waals surface area contributed by atoms with E-state index in [1.165, 1.54) is 21.3 Å². The molecule has 6 rings (SSSR count). The molecule has 2 heterocycles. The lowest BCUT2D eigenvalue weighted by molar-refractivity contribution is 0.102. The fraction of sp³-hybridized carbons (Fsp3) is 0.205. The summed E-state index contributed by atoms with van der Waals surface area (Å²) in [4.78, 5) is 44.4. The predicted molar refractivity (Wildman–Crippen MR) is 193 cm³/mol. The molecule has 0 saturated heterocycles. The zero-order valence-electron chi connectivity index (χ0n) is 27.6. The van der Waals surface area contributed by atoms with Crippen molar-refractivity contribution in [2.24, 2.45) is 7.05 Å². The first-order chi connectivity index (χ1) is 23.7. The van der Waals surface area contributed by atoms with Gasteiger partial charge >= 0.3 is 0 Å². The number of benzene rings is 4. The molecule has 1 aliphatic rings. The van der Waals surface area contributed by atoms with Crippen LogP contribution in [-0.2, 0) is 26.4 Å². The molecule has 0 aliphatic carbocycles. The minimum atomic E-state index is -0.423. The van der Waals surface area contributed by atoms with Gasteiger partial charge in [0, 0.05) is 43.0 Å². The lowest BCUT2D eigenvalue weighted by Gasteiger charge is -2.29. The van der Waals surface area contributed by atoms with Crippen molar-refractivity contribution < 1.29 is 14.3 Å². The third-order valence-corrected chi connectivity index (χ3v) is 8.95. The van der Waals surface area contributed by atoms with Gasteiger partial charge < -0.3 is 24.3 Å². The van der Waals surface area contributed by atoms with Crippen LogP contribution in [0.5, 0.6) is 11.5 Å². The molecule has 1 aromatic heterocycles. The molecular weight excluding hydrogens is 640 g/mol. The van der Waals surface area contributed by atoms with E-state index < -0.39 is 5.56 Å². The summed E-state index contributed by atoms with van der Waals surface area (Å²) in [6.45, 7) is 2.75. The Morgan fingerprint density at radius 2 is 1.59 bits per heavy atom. The number of H-pyrrole nitrogens is 1. The van der Waals surface area contributed by atoms with Crippen molar-refractivity contribution in [3.05, 3.63) is 155 Å². The fourth-order valence-electron chi connectivity index (χ4n) is 6.01. The van der Waals surface area contributed by atoms with Crippen LogP contribution in [0.1, 0.15) is 38.2 Å². The molecule has 5 aromatic rings. The number of carbonyl (C=O) groups is 1. The van der Waals surface area contributed by atoms with E-state index in [9.17, 15) is 14.4 Å². The second kappa shape index (κ2) is 14.8. The molecule has 10 heteroatoms. The van der Waals surface area contributed by atoms with Crippen molar-refractivity contribution in [3.8, 4) is 11.5 Å². The molecule has 49 heavy (non-hydrogen) atoms. The number of carbonyl (C=O) groups excluding carboxylic acids is 1. The first kappa shape index (κ1) is 33.5. The Morgan fingerprint density at radius 3 is 2.31 bits per heavy atom. The summed E-state index contributed by atoms with van der Waals surface area (Å²) >= 11 is 6.07. The Hall–Kier alpha value is -5.38. The number of fused-ring (bicyclic) bond motifs is 1. The lowest BCUT2D eigenvalue weighted by atomic mass is 9.98. The number of methoxy groups -OCH3 is 2. The molecule has 0 radical (unpaired) electrons. The summed E-state index contributed by atoms with van der Waals surface area (Å²) < 4.78 is 12.3. The number of aromatic nitrogens is 2. The van der Waals surface area contributed by atoms with Crippen LogP contribution in [0.4, 0.5) is 5.69 Å². The van der Waals surface area contributed by atoms with Gasteiger partial charge in [-0.1, -0.05) is 48.0 Å². The number of amides is 1. The minimum Gasteiger partial charge on any atom is -0.493 e. The second-order valence-corrected chi connectivity index (χ2v) is 12.4. The summed E-state index contributed by atoms with van der Waals surface area (Å²) in [5, 5.41) is 3.79. The first-order valence-corrected chi connectivity index (χ1v) is 16.3. The van der Waals surface area contributed by atoms with Gasteiger partial charge in [-0.05, 0) is 101 Å². The molecular formula is C39H37ClN4O5. The number of aromatic amines is 1. The fourth-order valence-corrected chi connectivity index (χ4v) is 6.21. The van der Waals surface area contributed by atoms with E-state index >= 15 is 0 Å². The maximum Gasteiger partial charge on any atom is 0.274 e. The average molecular weight is 677 g/mol. The number of ether oxygens (including phenoxy) is 2. The molecule has 0 saturated carbocycles. The van der Waals surface area contributed by atoms with Crippen LogP contribution < -0.4 is 36.6 Å². The second-order valence-electron chi connectivity index (χ2n) is 12.0. The van der Waals surface area contributed by atoms with Gasteiger partial charge in [0.15, 0.2) is 11.5 Å². The predicted octanol–water partition coefficient (Wildman–Crippen LogP) is 4.25. The van der Waals surface area contributed by atoms with Gasteiger partial charge in [-0.15, -0.1) is 0 Å². The largest absolute Gasteiger partial charge is 0.493 e. The Balaban J connectivity index is 1.10. The standard InChI is InChI=1S/C39H37ClN4O5/c1-43-34(21-27-7-5-9-31(40)19-27)38(46)42-33(39(43)47)20-26-6-4-8-29(18-26)37(45)41-32-12-10-25(11-13-32)14-16-44-17-15-28-22-35(48-2)36(49-3)23-30(28)24-44/h4-13,18-23H,14-17,24H2,1-3H3,(H,41,45)(H,42,46)/b33-20-,34-21-. The number of rotatable bonds is 9. The third kappa shape index (κ3) is 7.85. The van der Waals surface area contributed by atoms with E-state index in [1.807, 2.05) is 24.3 Å². The van der Waals surface area contributed by atoms with E-state index in [1.54, 1.807) is 82.0 Å². The third-order valence-electron chi connectivity index (χ3n) is 8.71. The highest BCUT2D eigenvalue weighted by molar-refractivity contribution is 6.30. The number of halogens is 1. The lowest BCUT2D eigenvalue weighted by Crippen LogP contribution is -2.52. The molecule has 0 bridgehead atoms. The van der Waals surface area contributed by atoms with Gasteiger partial charge in [0.2, 0.25) is 0 Å². The molecule has 1 aliphatic heterocycles. The highest BCUT2D eigenvalue weighted by atomic mass is 35.5. The van der Waals surface area contributed by atoms with Crippen LogP contribution >= 0.6 is 11.6 Å². The number of nitrogens with zero attached hydrogens (tertiary/aromatic N) is 2. The van der Waals surface area contributed by atoms with Gasteiger partial charge in [0.05, 0.1) is 14.2 Å². The van der Waals surface area contributed by atoms with Crippen molar-refractivity contribution in [1.82, 2.24) is 14.5 Å². The average Bonchev–Trinajstić information content (AvgIpc) is 3.11. The Kier molecular flexibility index (Phi) is 10.1. The maximum absolute atomic E-state index is 13.2. The van der Waals surface area contributed by atoms with Gasteiger partial charge in [-0.2, -0.15) is 0 Å². The summed E-state index contributed by atoms with van der Waals surface area (Å²) in [5.74, 6) is 1.24. The molecule has 1 amide bonds. The van der Waals surface area contributed by atoms with Crippen LogP contribution in [0.25, 0.3) is 12.2 Å². The molecule has 0 spiro atoms. The molecule has 9 nitrogen and oxygen atoms in total. The monoisotopic (exact) mass is 676 g/mol. The zero-order valence-corrected chi connectivity index (χ0v) is 28.3. The highest BCUT2D eigenvalue weighted by Crippen LogP contribution is 2.33. The quantitative estimate of drug-likeness (QED) is 0.242. The van der Waals surface area contributed by atoms with Gasteiger partial charge in [0.25, 0.3) is 17.0 Å². The maximum atomic E-state index is 13.2. The number of hydrogen-bond acceptors (Lipinski definition) is 6. The van der Waals surface area contributed by atoms with Crippen molar-refractivity contribution in [2.75, 3.05) is 32.6 Å². The smallest absolute Gasteiger partial charge is 0.274 e. The van der Waals surface area contributed by atoms with Crippen molar-refractivity contribution in [3.63, 3.8) is 0 Å². The zero-order chi connectivity index (χ0) is 34.5. The topological polar surface area (TPSA) is 106 Å². The summed E-state index contributed by atoms with van der Waals surface area (Å²) in [7, 11) is 4.86. The number of nitrogens with one attached hydrogen (secondary N) is 2. The van der Waals surface area contributed by atoms with Crippen LogP contribution in [0.2, 0.25) is 5.02 Å². The van der Waals surface area contributed by atoms with Gasteiger partial charge in [-0.3, -0.25) is 19.3 Å².